The van der Waals surface area contributed by atoms with Crippen LogP contribution in [0.2, 0.25) is 0 Å². The number of hydrogen-bond acceptors (Lipinski definition) is 7. The van der Waals surface area contributed by atoms with Crippen LogP contribution in [-0.2, 0) is 6.42 Å². The minimum absolute atomic E-state index is 0.237. The molecule has 0 radical (unpaired) electrons. The summed E-state index contributed by atoms with van der Waals surface area (Å²) in [6, 6.07) is 11.0. The number of carbonyl (C=O) groups excluding carboxylic acids is 1. The summed E-state index contributed by atoms with van der Waals surface area (Å²) < 4.78 is 10.3. The molecule has 0 aliphatic rings. The van der Waals surface area contributed by atoms with Gasteiger partial charge in [-0.15, -0.1) is 0 Å². The second-order valence-corrected chi connectivity index (χ2v) is 5.53. The fourth-order valence-corrected chi connectivity index (χ4v) is 2.39. The molecule has 8 heteroatoms. The van der Waals surface area contributed by atoms with Gasteiger partial charge in [0.1, 0.15) is 17.2 Å². The SMILES string of the molecule is COc1ccccc1CCNc1nccc(C(=O)Nc2cc(C)on2)n1. The summed E-state index contributed by atoms with van der Waals surface area (Å²) in [7, 11) is 1.65. The lowest BCUT2D eigenvalue weighted by molar-refractivity contribution is 0.102. The summed E-state index contributed by atoms with van der Waals surface area (Å²) in [4.78, 5) is 20.6. The summed E-state index contributed by atoms with van der Waals surface area (Å²) in [5.74, 6) is 1.79. The van der Waals surface area contributed by atoms with Gasteiger partial charge < -0.3 is 19.9 Å². The van der Waals surface area contributed by atoms with Crippen molar-refractivity contribution in [3.05, 3.63) is 59.6 Å². The first-order chi connectivity index (χ1) is 12.7. The molecule has 0 fully saturated rings. The van der Waals surface area contributed by atoms with Crippen LogP contribution in [0.4, 0.5) is 11.8 Å². The van der Waals surface area contributed by atoms with E-state index in [9.17, 15) is 4.79 Å². The lowest BCUT2D eigenvalue weighted by atomic mass is 10.1. The number of ether oxygens (including phenoxy) is 1. The van der Waals surface area contributed by atoms with E-state index in [1.807, 2.05) is 24.3 Å². The van der Waals surface area contributed by atoms with Crippen LogP contribution in [-0.4, -0.2) is 34.7 Å². The highest BCUT2D eigenvalue weighted by molar-refractivity contribution is 6.02. The van der Waals surface area contributed by atoms with Crippen LogP contribution in [0.25, 0.3) is 0 Å². The molecule has 0 aliphatic heterocycles. The summed E-state index contributed by atoms with van der Waals surface area (Å²) in [5, 5.41) is 9.47. The van der Waals surface area contributed by atoms with E-state index in [1.165, 1.54) is 12.3 Å². The van der Waals surface area contributed by atoms with Gasteiger partial charge >= 0.3 is 0 Å². The highest BCUT2D eigenvalue weighted by atomic mass is 16.5. The van der Waals surface area contributed by atoms with E-state index in [0.717, 1.165) is 17.7 Å². The van der Waals surface area contributed by atoms with E-state index in [-0.39, 0.29) is 11.6 Å². The highest BCUT2D eigenvalue weighted by Gasteiger charge is 2.11. The zero-order chi connectivity index (χ0) is 18.4. The normalized spacial score (nSPS) is 10.4. The monoisotopic (exact) mass is 353 g/mol. The van der Waals surface area contributed by atoms with Crippen molar-refractivity contribution in [1.29, 1.82) is 0 Å². The van der Waals surface area contributed by atoms with Crippen LogP contribution in [0.15, 0.2) is 47.1 Å². The number of para-hydroxylation sites is 1. The van der Waals surface area contributed by atoms with Crippen molar-refractivity contribution < 1.29 is 14.1 Å². The number of nitrogens with zero attached hydrogens (tertiary/aromatic N) is 3. The highest BCUT2D eigenvalue weighted by Crippen LogP contribution is 2.17. The number of amides is 1. The van der Waals surface area contributed by atoms with E-state index in [1.54, 1.807) is 20.1 Å². The molecule has 26 heavy (non-hydrogen) atoms. The van der Waals surface area contributed by atoms with Gasteiger partial charge in [-0.3, -0.25) is 4.79 Å². The van der Waals surface area contributed by atoms with Gasteiger partial charge in [0.05, 0.1) is 7.11 Å². The van der Waals surface area contributed by atoms with Gasteiger partial charge in [-0.05, 0) is 31.0 Å². The summed E-state index contributed by atoms with van der Waals surface area (Å²) in [6.45, 7) is 2.35. The second kappa shape index (κ2) is 8.11. The maximum atomic E-state index is 12.2. The Morgan fingerprint density at radius 1 is 1.27 bits per heavy atom. The molecule has 1 amide bonds. The van der Waals surface area contributed by atoms with Gasteiger partial charge in [-0.25, -0.2) is 9.97 Å². The zero-order valence-corrected chi connectivity index (χ0v) is 14.5. The fourth-order valence-electron chi connectivity index (χ4n) is 2.39. The molecule has 0 saturated heterocycles. The smallest absolute Gasteiger partial charge is 0.275 e. The lowest BCUT2D eigenvalue weighted by Crippen LogP contribution is -2.16. The number of nitrogens with one attached hydrogen (secondary N) is 2. The molecule has 0 aliphatic carbocycles. The van der Waals surface area contributed by atoms with Gasteiger partial charge in [-0.1, -0.05) is 23.4 Å². The van der Waals surface area contributed by atoms with Crippen molar-refractivity contribution in [1.82, 2.24) is 15.1 Å². The Kier molecular flexibility index (Phi) is 5.43. The van der Waals surface area contributed by atoms with E-state index >= 15 is 0 Å². The number of methoxy groups -OCH3 is 1. The number of aromatic nitrogens is 3. The van der Waals surface area contributed by atoms with Crippen LogP contribution in [0.3, 0.4) is 0 Å². The van der Waals surface area contributed by atoms with Crippen molar-refractivity contribution in [2.24, 2.45) is 0 Å². The molecule has 0 atom stereocenters. The number of hydrogen-bond donors (Lipinski definition) is 2. The summed E-state index contributed by atoms with van der Waals surface area (Å²) in [6.07, 6.45) is 2.27. The van der Waals surface area contributed by atoms with Crippen LogP contribution >= 0.6 is 0 Å². The Bertz CT molecular complexity index is 894. The van der Waals surface area contributed by atoms with Gasteiger partial charge in [0, 0.05) is 18.8 Å². The molecular weight excluding hydrogens is 334 g/mol. The minimum atomic E-state index is -0.381. The Hall–Kier alpha value is -3.42. The zero-order valence-electron chi connectivity index (χ0n) is 14.5. The number of anilines is 2. The van der Waals surface area contributed by atoms with Gasteiger partial charge in [0.15, 0.2) is 5.82 Å². The summed E-state index contributed by atoms with van der Waals surface area (Å²) in [5.41, 5.74) is 1.32. The third-order valence-electron chi connectivity index (χ3n) is 3.63. The van der Waals surface area contributed by atoms with E-state index in [4.69, 9.17) is 9.26 Å². The van der Waals surface area contributed by atoms with Crippen molar-refractivity contribution in [2.45, 2.75) is 13.3 Å². The first-order valence-electron chi connectivity index (χ1n) is 8.09. The van der Waals surface area contributed by atoms with Crippen molar-refractivity contribution >= 4 is 17.7 Å². The maximum absolute atomic E-state index is 12.2. The molecule has 2 aromatic heterocycles. The van der Waals surface area contributed by atoms with Crippen molar-refractivity contribution in [3.8, 4) is 5.75 Å². The minimum Gasteiger partial charge on any atom is -0.496 e. The number of benzene rings is 1. The van der Waals surface area contributed by atoms with E-state index in [2.05, 4.69) is 25.8 Å². The number of rotatable bonds is 7. The van der Waals surface area contributed by atoms with Gasteiger partial charge in [-0.2, -0.15) is 0 Å². The Balaban J connectivity index is 1.59. The molecule has 2 heterocycles. The van der Waals surface area contributed by atoms with E-state index < -0.39 is 0 Å². The Labute approximate surface area is 150 Å². The van der Waals surface area contributed by atoms with Crippen LogP contribution in [0.1, 0.15) is 21.8 Å². The van der Waals surface area contributed by atoms with Crippen molar-refractivity contribution in [3.63, 3.8) is 0 Å². The number of carbonyl (C=O) groups is 1. The molecule has 0 spiro atoms. The third-order valence-corrected chi connectivity index (χ3v) is 3.63. The molecule has 3 rings (SSSR count). The second-order valence-electron chi connectivity index (χ2n) is 5.53. The van der Waals surface area contributed by atoms with Crippen LogP contribution in [0.5, 0.6) is 5.75 Å². The van der Waals surface area contributed by atoms with E-state index in [0.29, 0.717) is 24.1 Å². The quantitative estimate of drug-likeness (QED) is 0.673. The standard InChI is InChI=1S/C18H19N5O3/c1-12-11-16(23-26-12)22-17(24)14-8-10-20-18(21-14)19-9-7-13-5-3-4-6-15(13)25-2/h3-6,8,10-11H,7,9H2,1-2H3,(H,19,20,21)(H,22,23,24). The summed E-state index contributed by atoms with van der Waals surface area (Å²) >= 11 is 0. The lowest BCUT2D eigenvalue weighted by Gasteiger charge is -2.09. The molecule has 0 saturated carbocycles. The molecule has 8 nitrogen and oxygen atoms in total. The average molecular weight is 353 g/mol. The predicted octanol–water partition coefficient (Wildman–Crippen LogP) is 2.69. The molecule has 0 bridgehead atoms. The average Bonchev–Trinajstić information content (AvgIpc) is 3.07. The molecule has 134 valence electrons. The topological polar surface area (TPSA) is 102 Å². The molecule has 1 aromatic carbocycles. The van der Waals surface area contributed by atoms with Crippen LogP contribution < -0.4 is 15.4 Å². The number of aryl methyl sites for hydroxylation is 1. The predicted molar refractivity (Wildman–Crippen MR) is 96.4 cm³/mol. The van der Waals surface area contributed by atoms with Gasteiger partial charge in [0.2, 0.25) is 5.95 Å². The Morgan fingerprint density at radius 3 is 2.88 bits per heavy atom. The first kappa shape index (κ1) is 17.4. The van der Waals surface area contributed by atoms with Crippen molar-refractivity contribution in [2.75, 3.05) is 24.3 Å². The maximum Gasteiger partial charge on any atom is 0.275 e. The molecule has 0 unspecified atom stereocenters. The fraction of sp³-hybridized carbons (Fsp3) is 0.222. The Morgan fingerprint density at radius 2 is 2.12 bits per heavy atom. The van der Waals surface area contributed by atoms with Gasteiger partial charge in [0.25, 0.3) is 5.91 Å². The van der Waals surface area contributed by atoms with Crippen LogP contribution in [0, 0.1) is 6.92 Å². The third kappa shape index (κ3) is 4.35. The molecule has 3 aromatic rings. The first-order valence-corrected chi connectivity index (χ1v) is 8.09. The molecule has 2 N–H and O–H groups in total. The molecular formula is C18H19N5O3. The largest absolute Gasteiger partial charge is 0.496 e.